The van der Waals surface area contributed by atoms with E-state index in [9.17, 15) is 21.6 Å². The summed E-state index contributed by atoms with van der Waals surface area (Å²) in [5, 5.41) is 2.62. The molecule has 1 aromatic heterocycles. The van der Waals surface area contributed by atoms with Crippen LogP contribution in [-0.4, -0.2) is 13.4 Å². The van der Waals surface area contributed by atoms with Gasteiger partial charge >= 0.3 is 10.1 Å². The van der Waals surface area contributed by atoms with Gasteiger partial charge in [-0.3, -0.25) is 0 Å². The van der Waals surface area contributed by atoms with E-state index in [2.05, 4.69) is 4.98 Å². The van der Waals surface area contributed by atoms with Crippen LogP contribution in [0.4, 0.5) is 13.2 Å². The highest BCUT2D eigenvalue weighted by Crippen LogP contribution is 2.27. The standard InChI is InChI=1S/C16H10F3NO3S2/c1-9-8-24-16(20-9)10-2-4-11(5-3-10)23-25(21,22)15-7-13(18)12(17)6-14(15)19/h2-8H,1H3. The van der Waals surface area contributed by atoms with E-state index in [-0.39, 0.29) is 17.9 Å². The number of hydrogen-bond acceptors (Lipinski definition) is 5. The van der Waals surface area contributed by atoms with Gasteiger partial charge in [0.1, 0.15) is 21.5 Å². The summed E-state index contributed by atoms with van der Waals surface area (Å²) in [6.45, 7) is 1.85. The molecular formula is C16H10F3NO3S2. The smallest absolute Gasteiger partial charge is 0.342 e. The second-order valence-electron chi connectivity index (χ2n) is 5.05. The van der Waals surface area contributed by atoms with E-state index in [0.29, 0.717) is 0 Å². The lowest BCUT2D eigenvalue weighted by molar-refractivity contribution is 0.460. The van der Waals surface area contributed by atoms with Crippen molar-refractivity contribution in [2.24, 2.45) is 0 Å². The van der Waals surface area contributed by atoms with Crippen molar-refractivity contribution in [1.82, 2.24) is 4.98 Å². The van der Waals surface area contributed by atoms with Crippen LogP contribution in [0, 0.1) is 24.4 Å². The van der Waals surface area contributed by atoms with Crippen molar-refractivity contribution in [3.8, 4) is 16.3 Å². The first-order valence-corrected chi connectivity index (χ1v) is 9.16. The van der Waals surface area contributed by atoms with Gasteiger partial charge in [-0.2, -0.15) is 8.42 Å². The lowest BCUT2D eigenvalue weighted by atomic mass is 10.2. The lowest BCUT2D eigenvalue weighted by Crippen LogP contribution is -2.12. The Balaban J connectivity index is 1.87. The molecule has 0 saturated carbocycles. The topological polar surface area (TPSA) is 56.3 Å². The molecule has 130 valence electrons. The van der Waals surface area contributed by atoms with Gasteiger partial charge in [0, 0.05) is 28.8 Å². The molecule has 0 N–H and O–H groups in total. The molecule has 0 aliphatic carbocycles. The van der Waals surface area contributed by atoms with E-state index in [4.69, 9.17) is 4.18 Å². The highest BCUT2D eigenvalue weighted by Gasteiger charge is 2.24. The first kappa shape index (κ1) is 17.4. The number of aromatic nitrogens is 1. The number of nitrogens with zero attached hydrogens (tertiary/aromatic N) is 1. The maximum absolute atomic E-state index is 13.6. The second kappa shape index (κ2) is 6.49. The van der Waals surface area contributed by atoms with Gasteiger partial charge in [-0.25, -0.2) is 18.2 Å². The Morgan fingerprint density at radius 3 is 2.24 bits per heavy atom. The molecule has 3 rings (SSSR count). The highest BCUT2D eigenvalue weighted by molar-refractivity contribution is 7.87. The number of thiazole rings is 1. The minimum Gasteiger partial charge on any atom is -0.379 e. The molecule has 0 radical (unpaired) electrons. The third-order valence-electron chi connectivity index (χ3n) is 3.17. The summed E-state index contributed by atoms with van der Waals surface area (Å²) in [7, 11) is -4.65. The Hall–Kier alpha value is -2.39. The van der Waals surface area contributed by atoms with Crippen LogP contribution >= 0.6 is 11.3 Å². The van der Waals surface area contributed by atoms with E-state index in [0.717, 1.165) is 16.3 Å². The molecule has 25 heavy (non-hydrogen) atoms. The molecule has 0 spiro atoms. The predicted molar refractivity (Wildman–Crippen MR) is 86.4 cm³/mol. The van der Waals surface area contributed by atoms with Crippen molar-refractivity contribution in [3.05, 3.63) is 64.9 Å². The molecule has 0 atom stereocenters. The van der Waals surface area contributed by atoms with Crippen LogP contribution in [0.3, 0.4) is 0 Å². The minimum atomic E-state index is -4.65. The van der Waals surface area contributed by atoms with Gasteiger partial charge in [-0.05, 0) is 31.2 Å². The number of benzene rings is 2. The van der Waals surface area contributed by atoms with Gasteiger partial charge in [0.25, 0.3) is 0 Å². The normalized spacial score (nSPS) is 11.5. The van der Waals surface area contributed by atoms with Gasteiger partial charge < -0.3 is 4.18 Å². The summed E-state index contributed by atoms with van der Waals surface area (Å²) in [5.41, 5.74) is 1.61. The highest BCUT2D eigenvalue weighted by atomic mass is 32.2. The predicted octanol–water partition coefficient (Wildman–Crippen LogP) is 4.30. The molecule has 0 aliphatic heterocycles. The number of halogens is 3. The minimum absolute atomic E-state index is 0.0961. The van der Waals surface area contributed by atoms with Crippen molar-refractivity contribution in [1.29, 1.82) is 0 Å². The zero-order chi connectivity index (χ0) is 18.2. The molecule has 0 amide bonds. The molecule has 0 aliphatic rings. The second-order valence-corrected chi connectivity index (χ2v) is 7.43. The molecular weight excluding hydrogens is 375 g/mol. The van der Waals surface area contributed by atoms with Crippen LogP contribution in [0.5, 0.6) is 5.75 Å². The van der Waals surface area contributed by atoms with Gasteiger partial charge in [-0.15, -0.1) is 11.3 Å². The maximum Gasteiger partial charge on any atom is 0.342 e. The molecule has 0 fully saturated rings. The average molecular weight is 385 g/mol. The summed E-state index contributed by atoms with van der Waals surface area (Å²) in [4.78, 5) is 3.22. The quantitative estimate of drug-likeness (QED) is 0.496. The van der Waals surface area contributed by atoms with Crippen LogP contribution in [0.1, 0.15) is 5.69 Å². The maximum atomic E-state index is 13.6. The average Bonchev–Trinajstić information content (AvgIpc) is 2.97. The molecule has 4 nitrogen and oxygen atoms in total. The molecule has 1 heterocycles. The Labute approximate surface area is 145 Å². The summed E-state index contributed by atoms with van der Waals surface area (Å²) in [6.07, 6.45) is 0. The van der Waals surface area contributed by atoms with E-state index in [1.807, 2.05) is 12.3 Å². The Morgan fingerprint density at radius 1 is 1.00 bits per heavy atom. The number of hydrogen-bond donors (Lipinski definition) is 0. The van der Waals surface area contributed by atoms with Crippen LogP contribution in [0.25, 0.3) is 10.6 Å². The number of rotatable bonds is 4. The fourth-order valence-electron chi connectivity index (χ4n) is 2.01. The van der Waals surface area contributed by atoms with Crippen LogP contribution in [-0.2, 0) is 10.1 Å². The zero-order valence-corrected chi connectivity index (χ0v) is 14.3. The van der Waals surface area contributed by atoms with Crippen molar-refractivity contribution >= 4 is 21.5 Å². The summed E-state index contributed by atoms with van der Waals surface area (Å²) in [5.74, 6) is -4.51. The molecule has 2 aromatic carbocycles. The third kappa shape index (κ3) is 3.67. The van der Waals surface area contributed by atoms with E-state index >= 15 is 0 Å². The third-order valence-corrected chi connectivity index (χ3v) is 5.44. The molecule has 0 unspecified atom stereocenters. The van der Waals surface area contributed by atoms with Crippen molar-refractivity contribution in [3.63, 3.8) is 0 Å². The van der Waals surface area contributed by atoms with Crippen LogP contribution in [0.15, 0.2) is 46.7 Å². The molecule has 3 aromatic rings. The zero-order valence-electron chi connectivity index (χ0n) is 12.7. The van der Waals surface area contributed by atoms with Crippen molar-refractivity contribution in [2.45, 2.75) is 11.8 Å². The monoisotopic (exact) mass is 385 g/mol. The van der Waals surface area contributed by atoms with Crippen LogP contribution in [0.2, 0.25) is 0 Å². The largest absolute Gasteiger partial charge is 0.379 e. The molecule has 0 saturated heterocycles. The van der Waals surface area contributed by atoms with E-state index in [1.165, 1.54) is 23.5 Å². The van der Waals surface area contributed by atoms with Gasteiger partial charge in [0.2, 0.25) is 0 Å². The first-order valence-electron chi connectivity index (χ1n) is 6.88. The van der Waals surface area contributed by atoms with Gasteiger partial charge in [0.05, 0.1) is 0 Å². The Bertz CT molecular complexity index is 1030. The summed E-state index contributed by atoms with van der Waals surface area (Å²) in [6, 6.07) is 6.30. The molecule has 9 heteroatoms. The van der Waals surface area contributed by atoms with Crippen molar-refractivity contribution in [2.75, 3.05) is 0 Å². The van der Waals surface area contributed by atoms with E-state index < -0.39 is 32.5 Å². The van der Waals surface area contributed by atoms with Crippen molar-refractivity contribution < 1.29 is 25.8 Å². The fraction of sp³-hybridized carbons (Fsp3) is 0.0625. The van der Waals surface area contributed by atoms with Crippen LogP contribution < -0.4 is 4.18 Å². The number of aryl methyl sites for hydroxylation is 1. The molecule has 0 bridgehead atoms. The van der Waals surface area contributed by atoms with Gasteiger partial charge in [-0.1, -0.05) is 0 Å². The lowest BCUT2D eigenvalue weighted by Gasteiger charge is -2.08. The van der Waals surface area contributed by atoms with Gasteiger partial charge in [0.15, 0.2) is 11.6 Å². The Kier molecular flexibility index (Phi) is 4.53. The summed E-state index contributed by atoms with van der Waals surface area (Å²) < 4.78 is 68.7. The first-order chi connectivity index (χ1) is 11.8. The SMILES string of the molecule is Cc1csc(-c2ccc(OS(=O)(=O)c3cc(F)c(F)cc3F)cc2)n1. The Morgan fingerprint density at radius 2 is 1.64 bits per heavy atom. The summed E-state index contributed by atoms with van der Waals surface area (Å²) >= 11 is 1.43. The van der Waals surface area contributed by atoms with E-state index in [1.54, 1.807) is 12.1 Å². The fourth-order valence-corrected chi connectivity index (χ4v) is 3.81.